The van der Waals surface area contributed by atoms with Crippen LogP contribution in [0.2, 0.25) is 10.0 Å². The SMILES string of the molecule is Cc1cccc(N2CCN(/C=C(/C#N)C(=O)Nc3ccc(Cl)cc3Cl)CC2)c1C.Cl. The molecule has 2 aromatic carbocycles. The van der Waals surface area contributed by atoms with Crippen molar-refractivity contribution in [3.63, 3.8) is 0 Å². The summed E-state index contributed by atoms with van der Waals surface area (Å²) in [5.41, 5.74) is 4.25. The van der Waals surface area contributed by atoms with Gasteiger partial charge in [-0.2, -0.15) is 5.26 Å². The first-order chi connectivity index (χ1) is 13.9. The lowest BCUT2D eigenvalue weighted by atomic mass is 10.1. The molecule has 0 atom stereocenters. The van der Waals surface area contributed by atoms with E-state index in [-0.39, 0.29) is 18.0 Å². The number of piperazine rings is 1. The number of halogens is 3. The van der Waals surface area contributed by atoms with Crippen molar-refractivity contribution in [3.05, 3.63) is 69.3 Å². The topological polar surface area (TPSA) is 59.4 Å². The molecule has 0 aliphatic carbocycles. The standard InChI is InChI=1S/C22H22Cl2N4O.ClH/c1-15-4-3-5-21(16(15)2)28-10-8-27(9-11-28)14-17(13-25)22(29)26-20-7-6-18(23)12-19(20)24;/h3-7,12,14H,8-11H2,1-2H3,(H,26,29);1H/b17-14-;. The predicted molar refractivity (Wildman–Crippen MR) is 126 cm³/mol. The van der Waals surface area contributed by atoms with Crippen LogP contribution in [0.25, 0.3) is 0 Å². The maximum atomic E-state index is 12.5. The molecular weight excluding hydrogens is 443 g/mol. The van der Waals surface area contributed by atoms with Gasteiger partial charge in [-0.3, -0.25) is 4.79 Å². The van der Waals surface area contributed by atoms with Crippen LogP contribution in [0, 0.1) is 25.2 Å². The molecule has 1 fully saturated rings. The number of nitriles is 1. The summed E-state index contributed by atoms with van der Waals surface area (Å²) < 4.78 is 0. The van der Waals surface area contributed by atoms with Gasteiger partial charge in [-0.05, 0) is 49.2 Å². The number of carbonyl (C=O) groups excluding carboxylic acids is 1. The smallest absolute Gasteiger partial charge is 0.267 e. The van der Waals surface area contributed by atoms with E-state index in [1.165, 1.54) is 16.8 Å². The van der Waals surface area contributed by atoms with Crippen molar-refractivity contribution in [1.82, 2.24) is 4.90 Å². The molecule has 1 saturated heterocycles. The average Bonchev–Trinajstić information content (AvgIpc) is 2.71. The van der Waals surface area contributed by atoms with Crippen LogP contribution in [0.3, 0.4) is 0 Å². The summed E-state index contributed by atoms with van der Waals surface area (Å²) in [4.78, 5) is 16.8. The summed E-state index contributed by atoms with van der Waals surface area (Å²) in [7, 11) is 0. The molecule has 0 aromatic heterocycles. The largest absolute Gasteiger partial charge is 0.373 e. The lowest BCUT2D eigenvalue weighted by molar-refractivity contribution is -0.112. The number of anilines is 2. The third kappa shape index (κ3) is 5.60. The van der Waals surface area contributed by atoms with Crippen LogP contribution < -0.4 is 10.2 Å². The predicted octanol–water partition coefficient (Wildman–Crippen LogP) is 5.20. The Kier molecular flexibility index (Phi) is 8.43. The highest BCUT2D eigenvalue weighted by molar-refractivity contribution is 6.36. The first kappa shape index (κ1) is 23.9. The molecule has 0 radical (unpaired) electrons. The van der Waals surface area contributed by atoms with Gasteiger partial charge < -0.3 is 15.1 Å². The summed E-state index contributed by atoms with van der Waals surface area (Å²) >= 11 is 12.0. The molecule has 8 heteroatoms. The molecule has 1 aliphatic rings. The number of benzene rings is 2. The Morgan fingerprint density at radius 1 is 1.13 bits per heavy atom. The van der Waals surface area contributed by atoms with Crippen LogP contribution in [-0.4, -0.2) is 37.0 Å². The number of carbonyl (C=O) groups is 1. The van der Waals surface area contributed by atoms with Crippen LogP contribution in [0.15, 0.2) is 48.2 Å². The number of nitrogens with zero attached hydrogens (tertiary/aromatic N) is 3. The first-order valence-corrected chi connectivity index (χ1v) is 10.1. The summed E-state index contributed by atoms with van der Waals surface area (Å²) in [6.07, 6.45) is 1.62. The van der Waals surface area contributed by atoms with E-state index in [1.807, 2.05) is 11.0 Å². The van der Waals surface area contributed by atoms with Crippen molar-refractivity contribution in [3.8, 4) is 6.07 Å². The second-order valence-corrected chi connectivity index (χ2v) is 7.82. The van der Waals surface area contributed by atoms with Gasteiger partial charge in [0.2, 0.25) is 0 Å². The van der Waals surface area contributed by atoms with Gasteiger partial charge in [0.05, 0.1) is 10.7 Å². The Morgan fingerprint density at radius 2 is 1.83 bits per heavy atom. The lowest BCUT2D eigenvalue weighted by Crippen LogP contribution is -2.44. The molecule has 1 amide bonds. The zero-order valence-corrected chi connectivity index (χ0v) is 19.1. The Labute approximate surface area is 193 Å². The third-order valence-corrected chi connectivity index (χ3v) is 5.63. The van der Waals surface area contributed by atoms with Crippen molar-refractivity contribution in [1.29, 1.82) is 5.26 Å². The normalized spacial score (nSPS) is 14.0. The Bertz CT molecular complexity index is 992. The fourth-order valence-corrected chi connectivity index (χ4v) is 3.73. The minimum atomic E-state index is -0.492. The molecule has 30 heavy (non-hydrogen) atoms. The summed E-state index contributed by atoms with van der Waals surface area (Å²) in [6.45, 7) is 7.36. The van der Waals surface area contributed by atoms with Gasteiger partial charge in [0.1, 0.15) is 11.6 Å². The number of aryl methyl sites for hydroxylation is 1. The molecule has 0 saturated carbocycles. The van der Waals surface area contributed by atoms with Gasteiger partial charge in [-0.15, -0.1) is 12.4 Å². The maximum Gasteiger partial charge on any atom is 0.267 e. The van der Waals surface area contributed by atoms with Crippen molar-refractivity contribution < 1.29 is 4.79 Å². The van der Waals surface area contributed by atoms with Gasteiger partial charge in [0, 0.05) is 43.1 Å². The Hall–Kier alpha value is -2.39. The summed E-state index contributed by atoms with van der Waals surface area (Å²) in [5, 5.41) is 12.9. The molecule has 158 valence electrons. The first-order valence-electron chi connectivity index (χ1n) is 9.32. The van der Waals surface area contributed by atoms with E-state index in [0.29, 0.717) is 15.7 Å². The minimum absolute atomic E-state index is 0. The monoisotopic (exact) mass is 464 g/mol. The summed E-state index contributed by atoms with van der Waals surface area (Å²) in [5.74, 6) is -0.492. The molecule has 0 spiro atoms. The van der Waals surface area contributed by atoms with Crippen LogP contribution in [0.5, 0.6) is 0 Å². The zero-order chi connectivity index (χ0) is 21.0. The van der Waals surface area contributed by atoms with E-state index in [0.717, 1.165) is 26.2 Å². The number of rotatable bonds is 4. The highest BCUT2D eigenvalue weighted by atomic mass is 35.5. The van der Waals surface area contributed by atoms with Crippen molar-refractivity contribution in [2.24, 2.45) is 0 Å². The molecule has 1 aliphatic heterocycles. The van der Waals surface area contributed by atoms with E-state index < -0.39 is 5.91 Å². The molecule has 1 heterocycles. The van der Waals surface area contributed by atoms with Crippen LogP contribution in [0.1, 0.15) is 11.1 Å². The average molecular weight is 466 g/mol. The second kappa shape index (κ2) is 10.6. The maximum absolute atomic E-state index is 12.5. The fraction of sp³-hybridized carbons (Fsp3) is 0.273. The van der Waals surface area contributed by atoms with Gasteiger partial charge in [-0.1, -0.05) is 35.3 Å². The number of amides is 1. The van der Waals surface area contributed by atoms with E-state index in [1.54, 1.807) is 24.4 Å². The number of nitrogens with one attached hydrogen (secondary N) is 1. The van der Waals surface area contributed by atoms with Crippen LogP contribution in [0.4, 0.5) is 11.4 Å². The number of hydrogen-bond acceptors (Lipinski definition) is 4. The molecule has 3 rings (SSSR count). The lowest BCUT2D eigenvalue weighted by Gasteiger charge is -2.36. The molecule has 1 N–H and O–H groups in total. The molecule has 0 unspecified atom stereocenters. The van der Waals surface area contributed by atoms with E-state index in [4.69, 9.17) is 23.2 Å². The Balaban J connectivity index is 0.00000320. The van der Waals surface area contributed by atoms with Gasteiger partial charge in [-0.25, -0.2) is 0 Å². The highest BCUT2D eigenvalue weighted by Gasteiger charge is 2.19. The third-order valence-electron chi connectivity index (χ3n) is 5.09. The summed E-state index contributed by atoms with van der Waals surface area (Å²) in [6, 6.07) is 13.1. The fourth-order valence-electron chi connectivity index (χ4n) is 3.27. The molecule has 5 nitrogen and oxygen atoms in total. The van der Waals surface area contributed by atoms with Gasteiger partial charge in [0.25, 0.3) is 5.91 Å². The zero-order valence-electron chi connectivity index (χ0n) is 16.8. The van der Waals surface area contributed by atoms with Crippen molar-refractivity contribution >= 4 is 52.9 Å². The second-order valence-electron chi connectivity index (χ2n) is 6.97. The van der Waals surface area contributed by atoms with Crippen molar-refractivity contribution in [2.75, 3.05) is 36.4 Å². The number of hydrogen-bond donors (Lipinski definition) is 1. The molecule has 2 aromatic rings. The Morgan fingerprint density at radius 3 is 2.47 bits per heavy atom. The van der Waals surface area contributed by atoms with Gasteiger partial charge in [0.15, 0.2) is 0 Å². The van der Waals surface area contributed by atoms with Crippen LogP contribution in [-0.2, 0) is 4.79 Å². The van der Waals surface area contributed by atoms with E-state index in [9.17, 15) is 10.1 Å². The molecular formula is C22H23Cl3N4O. The quantitative estimate of drug-likeness (QED) is 0.498. The van der Waals surface area contributed by atoms with E-state index >= 15 is 0 Å². The van der Waals surface area contributed by atoms with Crippen molar-refractivity contribution in [2.45, 2.75) is 13.8 Å². The minimum Gasteiger partial charge on any atom is -0.373 e. The molecule has 0 bridgehead atoms. The van der Waals surface area contributed by atoms with Gasteiger partial charge >= 0.3 is 0 Å². The van der Waals surface area contributed by atoms with Crippen LogP contribution >= 0.6 is 35.6 Å². The highest BCUT2D eigenvalue weighted by Crippen LogP contribution is 2.26. The van der Waals surface area contributed by atoms with E-state index in [2.05, 4.69) is 42.3 Å².